The largest absolute Gasteiger partial charge is 0.486 e. The third kappa shape index (κ3) is 4.13. The highest BCUT2D eigenvalue weighted by Crippen LogP contribution is 2.43. The number of aromatic nitrogens is 2. The summed E-state index contributed by atoms with van der Waals surface area (Å²) in [7, 11) is 0. The number of hydrogen-bond acceptors (Lipinski definition) is 6. The van der Waals surface area contributed by atoms with Gasteiger partial charge in [-0.15, -0.1) is 0 Å². The standard InChI is InChI=1S/C26H31N5O2/c27-26-21(24(20-9-10-20)28-31(26)17-19-5-2-1-3-6-19)18-29-11-13-30(14-12-29)22-7-4-8-23-25(22)33-16-15-32-23/h1-8,20H,9-18,27H2. The van der Waals surface area contributed by atoms with Crippen LogP contribution in [0.15, 0.2) is 48.5 Å². The van der Waals surface area contributed by atoms with Crippen molar-refractivity contribution in [3.8, 4) is 11.5 Å². The summed E-state index contributed by atoms with van der Waals surface area (Å²) < 4.78 is 13.7. The maximum Gasteiger partial charge on any atom is 0.184 e. The van der Waals surface area contributed by atoms with E-state index in [1.165, 1.54) is 29.7 Å². The van der Waals surface area contributed by atoms with Gasteiger partial charge in [0.15, 0.2) is 11.5 Å². The Kier molecular flexibility index (Phi) is 5.34. The van der Waals surface area contributed by atoms with E-state index in [1.54, 1.807) is 0 Å². The molecule has 3 aromatic rings. The molecule has 2 fully saturated rings. The summed E-state index contributed by atoms with van der Waals surface area (Å²) in [5.74, 6) is 3.15. The molecule has 2 aliphatic heterocycles. The second kappa shape index (κ2) is 8.63. The zero-order chi connectivity index (χ0) is 22.2. The van der Waals surface area contributed by atoms with Crippen molar-refractivity contribution in [1.29, 1.82) is 0 Å². The molecule has 7 nitrogen and oxygen atoms in total. The lowest BCUT2D eigenvalue weighted by Gasteiger charge is -2.37. The van der Waals surface area contributed by atoms with Gasteiger partial charge in [-0.25, -0.2) is 4.68 Å². The summed E-state index contributed by atoms with van der Waals surface area (Å²) in [5, 5.41) is 4.97. The SMILES string of the molecule is Nc1c(CN2CCN(c3cccc4c3OCCO4)CC2)c(C2CC2)nn1Cc1ccccc1. The van der Waals surface area contributed by atoms with Crippen LogP contribution in [0.1, 0.15) is 35.6 Å². The van der Waals surface area contributed by atoms with E-state index in [1.807, 2.05) is 16.8 Å². The Balaban J connectivity index is 1.16. The van der Waals surface area contributed by atoms with E-state index in [2.05, 4.69) is 46.2 Å². The van der Waals surface area contributed by atoms with Gasteiger partial charge >= 0.3 is 0 Å². The smallest absolute Gasteiger partial charge is 0.184 e. The number of fused-ring (bicyclic) bond motifs is 1. The van der Waals surface area contributed by atoms with Crippen LogP contribution < -0.4 is 20.1 Å². The van der Waals surface area contributed by atoms with Crippen LogP contribution in [0.2, 0.25) is 0 Å². The van der Waals surface area contributed by atoms with Gasteiger partial charge in [0.1, 0.15) is 19.0 Å². The average molecular weight is 446 g/mol. The molecular formula is C26H31N5O2. The van der Waals surface area contributed by atoms with Gasteiger partial charge in [-0.1, -0.05) is 36.4 Å². The molecule has 33 heavy (non-hydrogen) atoms. The highest BCUT2D eigenvalue weighted by Gasteiger charge is 2.32. The molecule has 1 aliphatic carbocycles. The molecule has 0 radical (unpaired) electrons. The quantitative estimate of drug-likeness (QED) is 0.627. The van der Waals surface area contributed by atoms with Gasteiger partial charge in [-0.2, -0.15) is 5.10 Å². The zero-order valence-electron chi connectivity index (χ0n) is 18.9. The minimum Gasteiger partial charge on any atom is -0.486 e. The molecule has 1 saturated heterocycles. The van der Waals surface area contributed by atoms with Crippen LogP contribution in [0.3, 0.4) is 0 Å². The Labute approximate surface area is 194 Å². The number of nitrogens with zero attached hydrogens (tertiary/aromatic N) is 4. The number of nitrogen functional groups attached to an aromatic ring is 1. The van der Waals surface area contributed by atoms with Crippen molar-refractivity contribution in [3.05, 3.63) is 65.4 Å². The number of nitrogens with two attached hydrogens (primary N) is 1. The molecule has 1 aromatic heterocycles. The van der Waals surface area contributed by atoms with Crippen LogP contribution in [0.25, 0.3) is 0 Å². The number of piperazine rings is 1. The van der Waals surface area contributed by atoms with Gasteiger partial charge in [0.05, 0.1) is 17.9 Å². The number of para-hydroxylation sites is 1. The Hall–Kier alpha value is -3.19. The van der Waals surface area contributed by atoms with E-state index in [-0.39, 0.29) is 0 Å². The lowest BCUT2D eigenvalue weighted by Crippen LogP contribution is -2.46. The third-order valence-electron chi connectivity index (χ3n) is 6.90. The molecule has 0 unspecified atom stereocenters. The summed E-state index contributed by atoms with van der Waals surface area (Å²) in [6.45, 7) is 6.70. The summed E-state index contributed by atoms with van der Waals surface area (Å²) in [6.07, 6.45) is 2.45. The molecule has 2 aromatic carbocycles. The fourth-order valence-corrected chi connectivity index (χ4v) is 4.93. The van der Waals surface area contributed by atoms with Crippen molar-refractivity contribution >= 4 is 11.5 Å². The molecule has 172 valence electrons. The van der Waals surface area contributed by atoms with E-state index in [0.717, 1.165) is 62.3 Å². The van der Waals surface area contributed by atoms with Crippen molar-refractivity contribution in [2.75, 3.05) is 50.0 Å². The lowest BCUT2D eigenvalue weighted by atomic mass is 10.1. The van der Waals surface area contributed by atoms with E-state index in [4.69, 9.17) is 20.3 Å². The summed E-state index contributed by atoms with van der Waals surface area (Å²) >= 11 is 0. The summed E-state index contributed by atoms with van der Waals surface area (Å²) in [5.41, 5.74) is 11.5. The Morgan fingerprint density at radius 1 is 0.879 bits per heavy atom. The van der Waals surface area contributed by atoms with Crippen LogP contribution in [0.5, 0.6) is 11.5 Å². The van der Waals surface area contributed by atoms with Crippen molar-refractivity contribution in [2.45, 2.75) is 31.8 Å². The molecule has 0 bridgehead atoms. The number of benzene rings is 2. The number of anilines is 2. The first-order valence-corrected chi connectivity index (χ1v) is 12.0. The van der Waals surface area contributed by atoms with Crippen molar-refractivity contribution < 1.29 is 9.47 Å². The minimum atomic E-state index is 0.577. The van der Waals surface area contributed by atoms with Crippen LogP contribution in [0, 0.1) is 0 Å². The molecule has 0 amide bonds. The van der Waals surface area contributed by atoms with Gasteiger partial charge in [0, 0.05) is 44.2 Å². The third-order valence-corrected chi connectivity index (χ3v) is 6.90. The van der Waals surface area contributed by atoms with E-state index < -0.39 is 0 Å². The van der Waals surface area contributed by atoms with Crippen LogP contribution >= 0.6 is 0 Å². The molecule has 0 spiro atoms. The van der Waals surface area contributed by atoms with Crippen LogP contribution in [0.4, 0.5) is 11.5 Å². The van der Waals surface area contributed by atoms with Crippen LogP contribution in [-0.4, -0.2) is 54.1 Å². The second-order valence-corrected chi connectivity index (χ2v) is 9.23. The van der Waals surface area contributed by atoms with Gasteiger partial charge < -0.3 is 20.1 Å². The average Bonchev–Trinajstić information content (AvgIpc) is 3.67. The molecule has 1 saturated carbocycles. The van der Waals surface area contributed by atoms with E-state index in [9.17, 15) is 0 Å². The topological polar surface area (TPSA) is 68.8 Å². The van der Waals surface area contributed by atoms with Crippen molar-refractivity contribution in [2.24, 2.45) is 0 Å². The monoisotopic (exact) mass is 445 g/mol. The Morgan fingerprint density at radius 3 is 2.45 bits per heavy atom. The van der Waals surface area contributed by atoms with Gasteiger partial charge in [0.25, 0.3) is 0 Å². The molecule has 3 heterocycles. The Bertz CT molecular complexity index is 1120. The first-order valence-electron chi connectivity index (χ1n) is 12.0. The number of hydrogen-bond donors (Lipinski definition) is 1. The van der Waals surface area contributed by atoms with Crippen molar-refractivity contribution in [1.82, 2.24) is 14.7 Å². The fourth-order valence-electron chi connectivity index (χ4n) is 4.93. The molecule has 2 N–H and O–H groups in total. The van der Waals surface area contributed by atoms with Gasteiger partial charge in [-0.3, -0.25) is 4.90 Å². The normalized spacial score (nSPS) is 18.5. The number of ether oxygens (including phenoxy) is 2. The highest BCUT2D eigenvalue weighted by molar-refractivity contribution is 5.65. The molecule has 7 heteroatoms. The van der Waals surface area contributed by atoms with E-state index in [0.29, 0.717) is 19.1 Å². The lowest BCUT2D eigenvalue weighted by molar-refractivity contribution is 0.171. The molecular weight excluding hydrogens is 414 g/mol. The predicted molar refractivity (Wildman–Crippen MR) is 129 cm³/mol. The molecule has 0 atom stereocenters. The highest BCUT2D eigenvalue weighted by atomic mass is 16.6. The van der Waals surface area contributed by atoms with Crippen molar-refractivity contribution in [3.63, 3.8) is 0 Å². The van der Waals surface area contributed by atoms with Gasteiger partial charge in [0.2, 0.25) is 0 Å². The number of rotatable bonds is 6. The molecule has 3 aliphatic rings. The molecule has 6 rings (SSSR count). The first-order chi connectivity index (χ1) is 16.3. The van der Waals surface area contributed by atoms with Crippen LogP contribution in [-0.2, 0) is 13.1 Å². The zero-order valence-corrected chi connectivity index (χ0v) is 18.9. The summed E-state index contributed by atoms with van der Waals surface area (Å²) in [4.78, 5) is 4.92. The van der Waals surface area contributed by atoms with E-state index >= 15 is 0 Å². The second-order valence-electron chi connectivity index (χ2n) is 9.23. The minimum absolute atomic E-state index is 0.577. The maximum atomic E-state index is 6.66. The summed E-state index contributed by atoms with van der Waals surface area (Å²) in [6, 6.07) is 16.6. The fraction of sp³-hybridized carbons (Fsp3) is 0.423. The predicted octanol–water partition coefficient (Wildman–Crippen LogP) is 3.48. The van der Waals surface area contributed by atoms with Gasteiger partial charge in [-0.05, 0) is 30.5 Å². The maximum absolute atomic E-state index is 6.66. The first kappa shape index (κ1) is 20.4. The Morgan fingerprint density at radius 2 is 1.67 bits per heavy atom.